The molecule has 1 aliphatic heterocycles. The Morgan fingerprint density at radius 2 is 1.78 bits per heavy atom. The van der Waals surface area contributed by atoms with Crippen molar-refractivity contribution in [3.8, 4) is 11.4 Å². The van der Waals surface area contributed by atoms with Crippen LogP contribution in [-0.2, 0) is 11.3 Å². The van der Waals surface area contributed by atoms with Crippen molar-refractivity contribution in [2.45, 2.75) is 25.5 Å². The standard InChI is InChI=1S/C24H27FN4O2S/c1-17-3-4-20(15-18(17)2)22(30)16-32-24-27-26-23(19-5-7-21(25)8-6-19)29(24)10-9-28-11-13-31-14-12-28/h3-8,15H,9-14,16H2,1-2H3. The van der Waals surface area contributed by atoms with Crippen LogP contribution < -0.4 is 0 Å². The minimum absolute atomic E-state index is 0.0594. The van der Waals surface area contributed by atoms with Gasteiger partial charge in [0.15, 0.2) is 16.8 Å². The van der Waals surface area contributed by atoms with E-state index in [4.69, 9.17) is 4.74 Å². The number of ketones is 1. The Labute approximate surface area is 191 Å². The molecule has 2 heterocycles. The Balaban J connectivity index is 1.52. The summed E-state index contributed by atoms with van der Waals surface area (Å²) in [5.41, 5.74) is 3.78. The molecule has 168 valence electrons. The number of morpholine rings is 1. The van der Waals surface area contributed by atoms with Gasteiger partial charge in [-0.1, -0.05) is 23.9 Å². The van der Waals surface area contributed by atoms with E-state index in [1.165, 1.54) is 29.5 Å². The highest BCUT2D eigenvalue weighted by Gasteiger charge is 2.18. The normalized spacial score (nSPS) is 14.6. The van der Waals surface area contributed by atoms with Gasteiger partial charge in [-0.25, -0.2) is 4.39 Å². The largest absolute Gasteiger partial charge is 0.379 e. The molecule has 1 fully saturated rings. The van der Waals surface area contributed by atoms with Crippen LogP contribution in [0.15, 0.2) is 47.6 Å². The third-order valence-electron chi connectivity index (χ3n) is 5.72. The zero-order valence-electron chi connectivity index (χ0n) is 18.4. The SMILES string of the molecule is Cc1ccc(C(=O)CSc2nnc(-c3ccc(F)cc3)n2CCN2CCOCC2)cc1C. The van der Waals surface area contributed by atoms with E-state index in [1.54, 1.807) is 12.1 Å². The topological polar surface area (TPSA) is 60.2 Å². The van der Waals surface area contributed by atoms with E-state index < -0.39 is 0 Å². The Morgan fingerprint density at radius 1 is 1.03 bits per heavy atom. The van der Waals surface area contributed by atoms with Crippen molar-refractivity contribution in [3.05, 3.63) is 65.0 Å². The van der Waals surface area contributed by atoms with Gasteiger partial charge in [-0.05, 0) is 55.3 Å². The van der Waals surface area contributed by atoms with Gasteiger partial charge in [0, 0.05) is 37.3 Å². The first kappa shape index (κ1) is 22.6. The lowest BCUT2D eigenvalue weighted by Crippen LogP contribution is -2.38. The molecule has 2 aromatic carbocycles. The molecule has 0 radical (unpaired) electrons. The van der Waals surface area contributed by atoms with E-state index in [0.29, 0.717) is 23.1 Å². The Kier molecular flexibility index (Phi) is 7.34. The number of halogens is 1. The minimum Gasteiger partial charge on any atom is -0.379 e. The number of carbonyl (C=O) groups is 1. The van der Waals surface area contributed by atoms with Gasteiger partial charge in [-0.15, -0.1) is 10.2 Å². The predicted molar refractivity (Wildman–Crippen MR) is 124 cm³/mol. The maximum absolute atomic E-state index is 13.4. The number of thioether (sulfide) groups is 1. The van der Waals surface area contributed by atoms with Gasteiger partial charge in [0.2, 0.25) is 0 Å². The zero-order valence-corrected chi connectivity index (χ0v) is 19.2. The lowest BCUT2D eigenvalue weighted by Gasteiger charge is -2.27. The average molecular weight is 455 g/mol. The first-order chi connectivity index (χ1) is 15.5. The van der Waals surface area contributed by atoms with Gasteiger partial charge < -0.3 is 9.30 Å². The molecule has 0 spiro atoms. The smallest absolute Gasteiger partial charge is 0.191 e. The van der Waals surface area contributed by atoms with Gasteiger partial charge in [-0.2, -0.15) is 0 Å². The number of aromatic nitrogens is 3. The van der Waals surface area contributed by atoms with E-state index in [9.17, 15) is 9.18 Å². The average Bonchev–Trinajstić information content (AvgIpc) is 3.21. The molecule has 0 amide bonds. The number of carbonyl (C=O) groups excluding carboxylic acids is 1. The molecular weight excluding hydrogens is 427 g/mol. The highest BCUT2D eigenvalue weighted by Crippen LogP contribution is 2.25. The summed E-state index contributed by atoms with van der Waals surface area (Å²) in [5.74, 6) is 0.729. The van der Waals surface area contributed by atoms with Crippen LogP contribution in [0.25, 0.3) is 11.4 Å². The summed E-state index contributed by atoms with van der Waals surface area (Å²) in [6.45, 7) is 8.80. The van der Waals surface area contributed by atoms with Crippen LogP contribution in [0.2, 0.25) is 0 Å². The summed E-state index contributed by atoms with van der Waals surface area (Å²) in [5, 5.41) is 9.42. The first-order valence-corrected chi connectivity index (χ1v) is 11.7. The molecule has 1 aliphatic rings. The number of ether oxygens (including phenoxy) is 1. The zero-order chi connectivity index (χ0) is 22.5. The third-order valence-corrected chi connectivity index (χ3v) is 6.69. The second-order valence-corrected chi connectivity index (χ2v) is 8.87. The predicted octanol–water partition coefficient (Wildman–Crippen LogP) is 4.01. The lowest BCUT2D eigenvalue weighted by molar-refractivity contribution is 0.0361. The highest BCUT2D eigenvalue weighted by molar-refractivity contribution is 7.99. The molecular formula is C24H27FN4O2S. The maximum atomic E-state index is 13.4. The van der Waals surface area contributed by atoms with E-state index in [-0.39, 0.29) is 17.4 Å². The van der Waals surface area contributed by atoms with Crippen molar-refractivity contribution in [2.24, 2.45) is 0 Å². The molecule has 0 aliphatic carbocycles. The van der Waals surface area contributed by atoms with Crippen LogP contribution in [0.3, 0.4) is 0 Å². The second-order valence-electron chi connectivity index (χ2n) is 7.93. The highest BCUT2D eigenvalue weighted by atomic mass is 32.2. The molecule has 0 saturated carbocycles. The van der Waals surface area contributed by atoms with Gasteiger partial charge >= 0.3 is 0 Å². The van der Waals surface area contributed by atoms with Gasteiger partial charge in [0.05, 0.1) is 19.0 Å². The lowest BCUT2D eigenvalue weighted by atomic mass is 10.0. The summed E-state index contributed by atoms with van der Waals surface area (Å²) in [7, 11) is 0. The van der Waals surface area contributed by atoms with E-state index in [1.807, 2.05) is 36.6 Å². The van der Waals surface area contributed by atoms with Crippen LogP contribution in [0.5, 0.6) is 0 Å². The number of rotatable bonds is 8. The van der Waals surface area contributed by atoms with E-state index in [2.05, 4.69) is 15.1 Å². The van der Waals surface area contributed by atoms with Crippen molar-refractivity contribution < 1.29 is 13.9 Å². The van der Waals surface area contributed by atoms with Crippen molar-refractivity contribution in [3.63, 3.8) is 0 Å². The first-order valence-electron chi connectivity index (χ1n) is 10.7. The molecule has 0 atom stereocenters. The van der Waals surface area contributed by atoms with Crippen LogP contribution in [-0.4, -0.2) is 64.0 Å². The fraction of sp³-hybridized carbons (Fsp3) is 0.375. The van der Waals surface area contributed by atoms with Crippen molar-refractivity contribution in [1.82, 2.24) is 19.7 Å². The molecule has 1 aromatic heterocycles. The molecule has 0 bridgehead atoms. The third kappa shape index (κ3) is 5.43. The van der Waals surface area contributed by atoms with Crippen LogP contribution in [0.4, 0.5) is 4.39 Å². The molecule has 4 rings (SSSR count). The summed E-state index contributed by atoms with van der Waals surface area (Å²) < 4.78 is 20.9. The fourth-order valence-electron chi connectivity index (χ4n) is 3.60. The Bertz CT molecular complexity index is 1080. The van der Waals surface area contributed by atoms with E-state index in [0.717, 1.165) is 44.0 Å². The summed E-state index contributed by atoms with van der Waals surface area (Å²) >= 11 is 1.39. The van der Waals surface area contributed by atoms with Crippen LogP contribution in [0.1, 0.15) is 21.5 Å². The molecule has 32 heavy (non-hydrogen) atoms. The van der Waals surface area contributed by atoms with E-state index >= 15 is 0 Å². The molecule has 6 nitrogen and oxygen atoms in total. The number of Topliss-reactive ketones (excluding diaryl/α,β-unsaturated/α-hetero) is 1. The quantitative estimate of drug-likeness (QED) is 0.379. The number of aryl methyl sites for hydroxylation is 2. The van der Waals surface area contributed by atoms with Gasteiger partial charge in [-0.3, -0.25) is 9.69 Å². The molecule has 0 N–H and O–H groups in total. The number of hydrogen-bond acceptors (Lipinski definition) is 6. The minimum atomic E-state index is -0.290. The Hall–Kier alpha value is -2.55. The number of nitrogens with zero attached hydrogens (tertiary/aromatic N) is 4. The molecule has 0 unspecified atom stereocenters. The number of hydrogen-bond donors (Lipinski definition) is 0. The van der Waals surface area contributed by atoms with Gasteiger partial charge in [0.25, 0.3) is 0 Å². The summed E-state index contributed by atoms with van der Waals surface area (Å²) in [6.07, 6.45) is 0. The monoisotopic (exact) mass is 454 g/mol. The number of benzene rings is 2. The molecule has 3 aromatic rings. The van der Waals surface area contributed by atoms with Crippen LogP contribution in [0, 0.1) is 19.7 Å². The maximum Gasteiger partial charge on any atom is 0.191 e. The van der Waals surface area contributed by atoms with Crippen molar-refractivity contribution in [1.29, 1.82) is 0 Å². The second kappa shape index (κ2) is 10.4. The summed E-state index contributed by atoms with van der Waals surface area (Å²) in [4.78, 5) is 15.1. The molecule has 1 saturated heterocycles. The van der Waals surface area contributed by atoms with Crippen LogP contribution >= 0.6 is 11.8 Å². The molecule has 8 heteroatoms. The van der Waals surface area contributed by atoms with Crippen molar-refractivity contribution >= 4 is 17.5 Å². The summed E-state index contributed by atoms with van der Waals surface area (Å²) in [6, 6.07) is 12.0. The van der Waals surface area contributed by atoms with Crippen molar-refractivity contribution in [2.75, 3.05) is 38.6 Å². The Morgan fingerprint density at radius 3 is 2.50 bits per heavy atom. The van der Waals surface area contributed by atoms with Gasteiger partial charge in [0.1, 0.15) is 5.82 Å². The fourth-order valence-corrected chi connectivity index (χ4v) is 4.46.